The van der Waals surface area contributed by atoms with E-state index in [9.17, 15) is 14.4 Å². The molecule has 1 unspecified atom stereocenters. The van der Waals surface area contributed by atoms with Crippen LogP contribution in [0.1, 0.15) is 297 Å². The number of unbranched alkanes of at least 4 members (excludes halogenated alkanes) is 30. The van der Waals surface area contributed by atoms with Crippen molar-refractivity contribution >= 4 is 17.9 Å². The maximum absolute atomic E-state index is 12.9. The summed E-state index contributed by atoms with van der Waals surface area (Å²) in [6.07, 6.45) is 78.7. The zero-order chi connectivity index (χ0) is 52.2. The van der Waals surface area contributed by atoms with Gasteiger partial charge in [0.2, 0.25) is 0 Å². The summed E-state index contributed by atoms with van der Waals surface area (Å²) in [5.74, 6) is -0.912. The summed E-state index contributed by atoms with van der Waals surface area (Å²) in [5.41, 5.74) is 0. The topological polar surface area (TPSA) is 78.9 Å². The fourth-order valence-electron chi connectivity index (χ4n) is 8.46. The molecule has 0 saturated heterocycles. The van der Waals surface area contributed by atoms with Gasteiger partial charge in [0.05, 0.1) is 0 Å². The summed E-state index contributed by atoms with van der Waals surface area (Å²) >= 11 is 0. The highest BCUT2D eigenvalue weighted by molar-refractivity contribution is 5.71. The van der Waals surface area contributed by atoms with E-state index in [1.54, 1.807) is 0 Å². The molecule has 0 N–H and O–H groups in total. The summed E-state index contributed by atoms with van der Waals surface area (Å²) in [7, 11) is 0. The lowest BCUT2D eigenvalue weighted by Crippen LogP contribution is -2.30. The van der Waals surface area contributed by atoms with Gasteiger partial charge in [0, 0.05) is 19.3 Å². The van der Waals surface area contributed by atoms with E-state index in [0.29, 0.717) is 19.3 Å². The zero-order valence-corrected chi connectivity index (χ0v) is 47.4. The van der Waals surface area contributed by atoms with Gasteiger partial charge in [-0.05, 0) is 116 Å². The number of allylic oxidation sites excluding steroid dienone is 14. The molecule has 0 heterocycles. The van der Waals surface area contributed by atoms with Gasteiger partial charge in [-0.25, -0.2) is 0 Å². The maximum atomic E-state index is 12.9. The molecule has 0 radical (unpaired) electrons. The number of carbonyl (C=O) groups is 3. The third kappa shape index (κ3) is 57.5. The standard InChI is InChI=1S/C66H114O6/c1-4-7-10-13-16-19-22-24-26-28-30-32-33-35-36-38-40-42-44-47-50-53-56-59-65(68)71-62-63(61-70-64(67)58-55-52-49-46-21-18-15-12-9-6-3)72-66(69)60-57-54-51-48-45-43-41-39-37-34-31-29-27-25-23-20-17-14-11-8-5-2/h12,15,22-25,28-31,33,35,37,39,63H,4-11,13-14,16-21,26-27,32,34,36,38,40-62H2,1-3H3/b15-12-,24-22-,25-23-,30-28-,31-29-,35-33-,39-37-. The van der Waals surface area contributed by atoms with Crippen LogP contribution in [0, 0.1) is 0 Å². The Bertz CT molecular complexity index is 1380. The van der Waals surface area contributed by atoms with Crippen molar-refractivity contribution in [2.75, 3.05) is 13.2 Å². The average Bonchev–Trinajstić information content (AvgIpc) is 3.38. The van der Waals surface area contributed by atoms with E-state index < -0.39 is 6.10 Å². The normalized spacial score (nSPS) is 12.7. The van der Waals surface area contributed by atoms with E-state index in [1.165, 1.54) is 135 Å². The fraction of sp³-hybridized carbons (Fsp3) is 0.742. The number of esters is 3. The number of hydrogen-bond donors (Lipinski definition) is 0. The van der Waals surface area contributed by atoms with Crippen molar-refractivity contribution < 1.29 is 28.6 Å². The molecule has 0 bridgehead atoms. The van der Waals surface area contributed by atoms with Gasteiger partial charge in [-0.2, -0.15) is 0 Å². The largest absolute Gasteiger partial charge is 0.462 e. The number of rotatable bonds is 55. The SMILES string of the molecule is CCC/C=C\CCCCCCCC(=O)OCC(COC(=O)CCCCCCCCCC/C=C\C/C=C\C/C=C\CCCCCCC)OC(=O)CCCCCCCC/C=C\C/C=C\C/C=C\CCCCCCC. The molecule has 0 aliphatic rings. The quantitative estimate of drug-likeness (QED) is 0.0261. The van der Waals surface area contributed by atoms with Crippen molar-refractivity contribution in [1.29, 1.82) is 0 Å². The van der Waals surface area contributed by atoms with Crippen LogP contribution in [0.4, 0.5) is 0 Å². The first-order valence-electron chi connectivity index (χ1n) is 30.6. The molecule has 0 aromatic carbocycles. The number of carbonyl (C=O) groups excluding carboxylic acids is 3. The summed E-state index contributed by atoms with van der Waals surface area (Å²) < 4.78 is 16.8. The first-order valence-corrected chi connectivity index (χ1v) is 30.6. The van der Waals surface area contributed by atoms with Crippen LogP contribution in [0.2, 0.25) is 0 Å². The number of ether oxygens (including phenoxy) is 3. The van der Waals surface area contributed by atoms with Gasteiger partial charge >= 0.3 is 17.9 Å². The average molecular weight is 1000 g/mol. The highest BCUT2D eigenvalue weighted by Crippen LogP contribution is 2.15. The predicted octanol–water partition coefficient (Wildman–Crippen LogP) is 20.7. The fourth-order valence-corrected chi connectivity index (χ4v) is 8.46. The third-order valence-electron chi connectivity index (χ3n) is 13.1. The van der Waals surface area contributed by atoms with Crippen molar-refractivity contribution in [3.63, 3.8) is 0 Å². The first-order chi connectivity index (χ1) is 35.5. The lowest BCUT2D eigenvalue weighted by Gasteiger charge is -2.18. The van der Waals surface area contributed by atoms with Crippen LogP contribution in [0.15, 0.2) is 85.1 Å². The Kier molecular flexibility index (Phi) is 57.3. The van der Waals surface area contributed by atoms with Gasteiger partial charge in [0.25, 0.3) is 0 Å². The lowest BCUT2D eigenvalue weighted by atomic mass is 10.1. The Morgan fingerprint density at radius 3 is 0.847 bits per heavy atom. The molecular formula is C66H114O6. The summed E-state index contributed by atoms with van der Waals surface area (Å²) in [5, 5.41) is 0. The molecule has 1 atom stereocenters. The third-order valence-corrected chi connectivity index (χ3v) is 13.1. The summed E-state index contributed by atoms with van der Waals surface area (Å²) in [6.45, 7) is 6.55. The molecule has 0 aliphatic carbocycles. The Hall–Kier alpha value is -3.41. The van der Waals surface area contributed by atoms with Gasteiger partial charge in [0.1, 0.15) is 13.2 Å². The molecular weight excluding hydrogens is 889 g/mol. The van der Waals surface area contributed by atoms with Gasteiger partial charge in [0.15, 0.2) is 6.10 Å². The highest BCUT2D eigenvalue weighted by atomic mass is 16.6. The second kappa shape index (κ2) is 60.1. The molecule has 0 saturated carbocycles. The van der Waals surface area contributed by atoms with Crippen molar-refractivity contribution in [3.8, 4) is 0 Å². The predicted molar refractivity (Wildman–Crippen MR) is 311 cm³/mol. The van der Waals surface area contributed by atoms with Crippen LogP contribution in [-0.2, 0) is 28.6 Å². The highest BCUT2D eigenvalue weighted by Gasteiger charge is 2.19. The van der Waals surface area contributed by atoms with E-state index in [2.05, 4.69) is 106 Å². The molecule has 0 aliphatic heterocycles. The maximum Gasteiger partial charge on any atom is 0.306 e. The van der Waals surface area contributed by atoms with E-state index in [0.717, 1.165) is 122 Å². The van der Waals surface area contributed by atoms with Crippen LogP contribution in [0.3, 0.4) is 0 Å². The first kappa shape index (κ1) is 68.6. The minimum absolute atomic E-state index is 0.0885. The van der Waals surface area contributed by atoms with Crippen molar-refractivity contribution in [3.05, 3.63) is 85.1 Å². The molecule has 414 valence electrons. The molecule has 0 aromatic heterocycles. The van der Waals surface area contributed by atoms with Crippen molar-refractivity contribution in [2.24, 2.45) is 0 Å². The van der Waals surface area contributed by atoms with E-state index in [-0.39, 0.29) is 31.1 Å². The monoisotopic (exact) mass is 1000 g/mol. The smallest absolute Gasteiger partial charge is 0.306 e. The van der Waals surface area contributed by atoms with E-state index in [1.807, 2.05) is 0 Å². The van der Waals surface area contributed by atoms with Crippen molar-refractivity contribution in [2.45, 2.75) is 303 Å². The second-order valence-corrected chi connectivity index (χ2v) is 20.2. The Labute approximate surface area is 445 Å². The van der Waals surface area contributed by atoms with Crippen LogP contribution in [-0.4, -0.2) is 37.2 Å². The van der Waals surface area contributed by atoms with Gasteiger partial charge < -0.3 is 14.2 Å². The minimum Gasteiger partial charge on any atom is -0.462 e. The lowest BCUT2D eigenvalue weighted by molar-refractivity contribution is -0.167. The molecule has 0 aromatic rings. The molecule has 0 rings (SSSR count). The van der Waals surface area contributed by atoms with Gasteiger partial charge in [-0.3, -0.25) is 14.4 Å². The summed E-state index contributed by atoms with van der Waals surface area (Å²) in [4.78, 5) is 38.2. The Morgan fingerprint density at radius 1 is 0.278 bits per heavy atom. The minimum atomic E-state index is -0.791. The molecule has 72 heavy (non-hydrogen) atoms. The Balaban J connectivity index is 4.33. The molecule has 0 amide bonds. The zero-order valence-electron chi connectivity index (χ0n) is 47.4. The molecule has 6 heteroatoms. The van der Waals surface area contributed by atoms with Crippen molar-refractivity contribution in [1.82, 2.24) is 0 Å². The molecule has 6 nitrogen and oxygen atoms in total. The van der Waals surface area contributed by atoms with E-state index in [4.69, 9.17) is 14.2 Å². The van der Waals surface area contributed by atoms with Gasteiger partial charge in [-0.1, -0.05) is 247 Å². The molecule has 0 fully saturated rings. The summed E-state index contributed by atoms with van der Waals surface area (Å²) in [6, 6.07) is 0. The second-order valence-electron chi connectivity index (χ2n) is 20.2. The van der Waals surface area contributed by atoms with Crippen LogP contribution < -0.4 is 0 Å². The van der Waals surface area contributed by atoms with Gasteiger partial charge in [-0.15, -0.1) is 0 Å². The van der Waals surface area contributed by atoms with Crippen LogP contribution in [0.5, 0.6) is 0 Å². The van der Waals surface area contributed by atoms with Crippen LogP contribution >= 0.6 is 0 Å². The Morgan fingerprint density at radius 2 is 0.528 bits per heavy atom. The number of hydrogen-bond acceptors (Lipinski definition) is 6. The molecule has 0 spiro atoms. The van der Waals surface area contributed by atoms with E-state index >= 15 is 0 Å². The van der Waals surface area contributed by atoms with Crippen LogP contribution in [0.25, 0.3) is 0 Å².